The molecule has 0 amide bonds. The van der Waals surface area contributed by atoms with Gasteiger partial charge in [-0.25, -0.2) is 26.0 Å². The van der Waals surface area contributed by atoms with Gasteiger partial charge in [0.05, 0.1) is 0 Å². The third-order valence-corrected chi connectivity index (χ3v) is 3.79. The van der Waals surface area contributed by atoms with Crippen molar-refractivity contribution in [3.8, 4) is 0 Å². The number of sulfone groups is 1. The zero-order chi connectivity index (χ0) is 12.2. The van der Waals surface area contributed by atoms with Gasteiger partial charge in [0.15, 0.2) is 6.17 Å². The Morgan fingerprint density at radius 1 is 1.07 bits per heavy atom. The summed E-state index contributed by atoms with van der Waals surface area (Å²) >= 11 is 0. The molecule has 0 radical (unpaired) electrons. The third kappa shape index (κ3) is 1.33. The molecule has 4 atom stereocenters. The Labute approximate surface area is 79.0 Å². The van der Waals surface area contributed by atoms with E-state index in [0.29, 0.717) is 0 Å². The van der Waals surface area contributed by atoms with Crippen LogP contribution < -0.4 is 0 Å². The summed E-state index contributed by atoms with van der Waals surface area (Å²) in [6, 6.07) is 0. The highest BCUT2D eigenvalue weighted by Crippen LogP contribution is 2.51. The lowest BCUT2D eigenvalue weighted by molar-refractivity contribution is -0.257. The molecular formula is C5H3F7O2S. The summed E-state index contributed by atoms with van der Waals surface area (Å²) in [6.45, 7) is 0. The Bertz CT molecular complexity index is 362. The van der Waals surface area contributed by atoms with Gasteiger partial charge in [-0.1, -0.05) is 0 Å². The fourth-order valence-corrected chi connectivity index (χ4v) is 2.62. The summed E-state index contributed by atoms with van der Waals surface area (Å²) in [5, 5.41) is 0. The molecular weight excluding hydrogens is 257 g/mol. The highest BCUT2D eigenvalue weighted by atomic mass is 32.2. The van der Waals surface area contributed by atoms with Gasteiger partial charge < -0.3 is 0 Å². The molecule has 1 fully saturated rings. The summed E-state index contributed by atoms with van der Waals surface area (Å²) in [5.41, 5.74) is -13.5. The second-order valence-electron chi connectivity index (χ2n) is 2.92. The smallest absolute Gasteiger partial charge is 0.239 e. The molecule has 0 aromatic carbocycles. The number of hydrogen-bond donors (Lipinski definition) is 0. The van der Waals surface area contributed by atoms with E-state index < -0.39 is 38.9 Å². The molecule has 1 heterocycles. The van der Waals surface area contributed by atoms with Crippen LogP contribution in [0.25, 0.3) is 0 Å². The predicted molar refractivity (Wildman–Crippen MR) is 33.5 cm³/mol. The highest BCUT2D eigenvalue weighted by molar-refractivity contribution is 7.92. The largest absolute Gasteiger partial charge is 0.429 e. The molecule has 1 aliphatic heterocycles. The van der Waals surface area contributed by atoms with Gasteiger partial charge in [-0.05, 0) is 0 Å². The Morgan fingerprint density at radius 2 is 1.47 bits per heavy atom. The normalized spacial score (nSPS) is 45.7. The van der Waals surface area contributed by atoms with Crippen molar-refractivity contribution in [1.29, 1.82) is 0 Å². The van der Waals surface area contributed by atoms with E-state index in [1.807, 2.05) is 0 Å². The molecule has 0 bridgehead atoms. The highest BCUT2D eigenvalue weighted by Gasteiger charge is 2.79. The summed E-state index contributed by atoms with van der Waals surface area (Å²) in [7, 11) is -5.75. The Kier molecular flexibility index (Phi) is 2.49. The topological polar surface area (TPSA) is 34.1 Å². The SMILES string of the molecule is O=S1(=O)C(F)C(F)C(F)(C(F)(F)F)C1F. The minimum atomic E-state index is -6.14. The monoisotopic (exact) mass is 260 g/mol. The van der Waals surface area contributed by atoms with E-state index >= 15 is 0 Å². The maximum absolute atomic E-state index is 12.9. The number of hydrogen-bond acceptors (Lipinski definition) is 2. The molecule has 0 aromatic heterocycles. The average molecular weight is 260 g/mol. The molecule has 1 rings (SSSR count). The molecule has 0 N–H and O–H groups in total. The maximum atomic E-state index is 12.9. The van der Waals surface area contributed by atoms with Crippen molar-refractivity contribution in [3.05, 3.63) is 0 Å². The lowest BCUT2D eigenvalue weighted by atomic mass is 10.0. The Balaban J connectivity index is 3.37. The molecule has 0 aliphatic carbocycles. The minimum Gasteiger partial charge on any atom is -0.239 e. The Morgan fingerprint density at radius 3 is 1.60 bits per heavy atom. The zero-order valence-corrected chi connectivity index (χ0v) is 7.42. The van der Waals surface area contributed by atoms with Crippen LogP contribution in [0.15, 0.2) is 0 Å². The molecule has 0 aromatic rings. The van der Waals surface area contributed by atoms with Crippen molar-refractivity contribution in [2.24, 2.45) is 0 Å². The van der Waals surface area contributed by atoms with Crippen molar-refractivity contribution in [1.82, 2.24) is 0 Å². The van der Waals surface area contributed by atoms with Crippen LogP contribution in [-0.4, -0.2) is 37.4 Å². The zero-order valence-electron chi connectivity index (χ0n) is 6.60. The van der Waals surface area contributed by atoms with E-state index in [-0.39, 0.29) is 0 Å². The van der Waals surface area contributed by atoms with E-state index in [4.69, 9.17) is 0 Å². The van der Waals surface area contributed by atoms with Gasteiger partial charge >= 0.3 is 6.18 Å². The number of rotatable bonds is 0. The van der Waals surface area contributed by atoms with Gasteiger partial charge in [0.25, 0.3) is 5.67 Å². The lowest BCUT2D eigenvalue weighted by Crippen LogP contribution is -2.52. The average Bonchev–Trinajstić information content (AvgIpc) is 2.19. The minimum absolute atomic E-state index is 3.85. The quantitative estimate of drug-likeness (QED) is 0.620. The molecule has 1 aliphatic rings. The molecule has 2 nitrogen and oxygen atoms in total. The molecule has 0 saturated carbocycles. The number of halogens is 7. The van der Waals surface area contributed by atoms with E-state index in [1.54, 1.807) is 0 Å². The molecule has 1 saturated heterocycles. The van der Waals surface area contributed by atoms with E-state index in [0.717, 1.165) is 0 Å². The van der Waals surface area contributed by atoms with E-state index in [2.05, 4.69) is 0 Å². The summed E-state index contributed by atoms with van der Waals surface area (Å²) < 4.78 is 107. The van der Waals surface area contributed by atoms with Crippen molar-refractivity contribution < 1.29 is 39.2 Å². The lowest BCUT2D eigenvalue weighted by Gasteiger charge is -2.24. The van der Waals surface area contributed by atoms with Crippen molar-refractivity contribution >= 4 is 9.84 Å². The number of alkyl halides is 7. The second kappa shape index (κ2) is 2.98. The Hall–Kier alpha value is -0.540. The van der Waals surface area contributed by atoms with Gasteiger partial charge in [-0.15, -0.1) is 0 Å². The first-order chi connectivity index (χ1) is 6.47. The van der Waals surface area contributed by atoms with Crippen LogP contribution >= 0.6 is 0 Å². The molecule has 90 valence electrons. The van der Waals surface area contributed by atoms with E-state index in [1.165, 1.54) is 0 Å². The second-order valence-corrected chi connectivity index (χ2v) is 4.97. The standard InChI is InChI=1S/C5H3F7O2S/c6-1-2(7)15(13,14)3(8)4(1,9)5(10,11)12/h1-3H. The van der Waals surface area contributed by atoms with Crippen LogP contribution in [0.4, 0.5) is 30.7 Å². The van der Waals surface area contributed by atoms with Gasteiger partial charge in [-0.3, -0.25) is 0 Å². The van der Waals surface area contributed by atoms with Gasteiger partial charge in [0, 0.05) is 0 Å². The van der Waals surface area contributed by atoms with Crippen molar-refractivity contribution in [2.45, 2.75) is 29.0 Å². The molecule has 4 unspecified atom stereocenters. The summed E-state index contributed by atoms with van der Waals surface area (Å²) in [5.74, 6) is 0. The van der Waals surface area contributed by atoms with Crippen molar-refractivity contribution in [2.75, 3.05) is 0 Å². The maximum Gasteiger partial charge on any atom is 0.429 e. The van der Waals surface area contributed by atoms with E-state index in [9.17, 15) is 39.2 Å². The van der Waals surface area contributed by atoms with Gasteiger partial charge in [0.2, 0.25) is 20.8 Å². The molecule has 10 heteroatoms. The molecule has 15 heavy (non-hydrogen) atoms. The van der Waals surface area contributed by atoms with Crippen LogP contribution in [0, 0.1) is 0 Å². The first-order valence-corrected chi connectivity index (χ1v) is 4.99. The van der Waals surface area contributed by atoms with Gasteiger partial charge in [0.1, 0.15) is 0 Å². The summed E-state index contributed by atoms with van der Waals surface area (Å²) in [6.07, 6.45) is -10.3. The fraction of sp³-hybridized carbons (Fsp3) is 1.00. The van der Waals surface area contributed by atoms with Crippen LogP contribution in [0.5, 0.6) is 0 Å². The van der Waals surface area contributed by atoms with Crippen LogP contribution in [0.3, 0.4) is 0 Å². The first kappa shape index (κ1) is 12.5. The summed E-state index contributed by atoms with van der Waals surface area (Å²) in [4.78, 5) is 0. The van der Waals surface area contributed by atoms with Crippen molar-refractivity contribution in [3.63, 3.8) is 0 Å². The van der Waals surface area contributed by atoms with Gasteiger partial charge in [-0.2, -0.15) is 13.2 Å². The fourth-order valence-electron chi connectivity index (χ4n) is 1.12. The molecule has 0 spiro atoms. The van der Waals surface area contributed by atoms with Crippen LogP contribution in [0.2, 0.25) is 0 Å². The first-order valence-electron chi connectivity index (χ1n) is 3.38. The van der Waals surface area contributed by atoms with Crippen LogP contribution in [-0.2, 0) is 9.84 Å². The van der Waals surface area contributed by atoms with Crippen LogP contribution in [0.1, 0.15) is 0 Å². The third-order valence-electron chi connectivity index (χ3n) is 2.00. The predicted octanol–water partition coefficient (Wildman–Crippen LogP) is 1.61.